The van der Waals surface area contributed by atoms with Gasteiger partial charge in [-0.05, 0) is 31.5 Å². The van der Waals surface area contributed by atoms with E-state index in [9.17, 15) is 0 Å². The minimum atomic E-state index is 0.755. The summed E-state index contributed by atoms with van der Waals surface area (Å²) in [5.74, 6) is 0.942. The van der Waals surface area contributed by atoms with Gasteiger partial charge >= 0.3 is 0 Å². The number of nitrogen functional groups attached to an aromatic ring is 1. The highest BCUT2D eigenvalue weighted by Crippen LogP contribution is 2.23. The van der Waals surface area contributed by atoms with E-state index >= 15 is 0 Å². The number of aryl methyl sites for hydroxylation is 2. The van der Waals surface area contributed by atoms with Gasteiger partial charge in [-0.25, -0.2) is 4.98 Å². The fourth-order valence-electron chi connectivity index (χ4n) is 1.59. The Kier molecular flexibility index (Phi) is 3.69. The third kappa shape index (κ3) is 3.24. The topological polar surface area (TPSA) is 38.9 Å². The Hall–Kier alpha value is -1.48. The van der Waals surface area contributed by atoms with Gasteiger partial charge in [0.25, 0.3) is 0 Å². The van der Waals surface area contributed by atoms with Gasteiger partial charge in [0.2, 0.25) is 0 Å². The second kappa shape index (κ2) is 5.23. The highest BCUT2D eigenvalue weighted by molar-refractivity contribution is 7.98. The Balaban J connectivity index is 2.05. The van der Waals surface area contributed by atoms with E-state index in [2.05, 4.69) is 36.2 Å². The second-order valence-electron chi connectivity index (χ2n) is 4.10. The van der Waals surface area contributed by atoms with Crippen molar-refractivity contribution in [2.75, 3.05) is 5.73 Å². The number of rotatable bonds is 3. The van der Waals surface area contributed by atoms with E-state index in [-0.39, 0.29) is 0 Å². The van der Waals surface area contributed by atoms with Crippen LogP contribution in [0.1, 0.15) is 16.8 Å². The molecule has 2 nitrogen and oxygen atoms in total. The van der Waals surface area contributed by atoms with Crippen molar-refractivity contribution in [3.63, 3.8) is 0 Å². The summed E-state index contributed by atoms with van der Waals surface area (Å²) in [6, 6.07) is 12.4. The molecule has 2 rings (SSSR count). The van der Waals surface area contributed by atoms with Crippen molar-refractivity contribution in [1.29, 1.82) is 0 Å². The Morgan fingerprint density at radius 1 is 1.18 bits per heavy atom. The molecule has 88 valence electrons. The highest BCUT2D eigenvalue weighted by Gasteiger charge is 2.00. The molecule has 1 aromatic heterocycles. The van der Waals surface area contributed by atoms with Gasteiger partial charge in [-0.2, -0.15) is 0 Å². The molecule has 0 radical (unpaired) electrons. The monoisotopic (exact) mass is 244 g/mol. The predicted molar refractivity (Wildman–Crippen MR) is 74.1 cm³/mol. The fraction of sp³-hybridized carbons (Fsp3) is 0.214. The van der Waals surface area contributed by atoms with Crippen molar-refractivity contribution < 1.29 is 0 Å². The smallest absolute Gasteiger partial charge is 0.0967 e. The molecular formula is C14H16N2S. The molecule has 3 heteroatoms. The summed E-state index contributed by atoms with van der Waals surface area (Å²) < 4.78 is 0. The normalized spacial score (nSPS) is 10.5. The van der Waals surface area contributed by atoms with Crippen molar-refractivity contribution in [2.45, 2.75) is 24.6 Å². The van der Waals surface area contributed by atoms with E-state index in [1.165, 1.54) is 11.1 Å². The SMILES string of the molecule is Cc1cccc(CSc2ccc(N)c(C)n2)c1. The molecule has 2 N–H and O–H groups in total. The first-order valence-electron chi connectivity index (χ1n) is 5.56. The number of aromatic nitrogens is 1. The van der Waals surface area contributed by atoms with Gasteiger partial charge in [-0.1, -0.05) is 29.8 Å². The van der Waals surface area contributed by atoms with Crippen LogP contribution in [0.5, 0.6) is 0 Å². The number of nitrogens with zero attached hydrogens (tertiary/aromatic N) is 1. The maximum absolute atomic E-state index is 5.74. The minimum absolute atomic E-state index is 0.755. The molecule has 0 unspecified atom stereocenters. The molecular weight excluding hydrogens is 228 g/mol. The lowest BCUT2D eigenvalue weighted by atomic mass is 10.2. The number of hydrogen-bond donors (Lipinski definition) is 1. The van der Waals surface area contributed by atoms with E-state index in [0.717, 1.165) is 22.2 Å². The van der Waals surface area contributed by atoms with Crippen LogP contribution in [0.3, 0.4) is 0 Å². The van der Waals surface area contributed by atoms with Gasteiger partial charge in [0.15, 0.2) is 0 Å². The standard InChI is InChI=1S/C14H16N2S/c1-10-4-3-5-12(8-10)9-17-14-7-6-13(15)11(2)16-14/h3-8H,9,15H2,1-2H3. The number of pyridine rings is 1. The summed E-state index contributed by atoms with van der Waals surface area (Å²) in [7, 11) is 0. The van der Waals surface area contributed by atoms with E-state index < -0.39 is 0 Å². The van der Waals surface area contributed by atoms with Crippen molar-refractivity contribution in [3.05, 3.63) is 53.2 Å². The Morgan fingerprint density at radius 3 is 2.71 bits per heavy atom. The molecule has 1 heterocycles. The van der Waals surface area contributed by atoms with E-state index in [1.54, 1.807) is 11.8 Å². The minimum Gasteiger partial charge on any atom is -0.397 e. The molecule has 0 saturated heterocycles. The number of anilines is 1. The molecule has 2 aromatic rings. The molecule has 17 heavy (non-hydrogen) atoms. The van der Waals surface area contributed by atoms with Gasteiger partial charge < -0.3 is 5.73 Å². The number of thioether (sulfide) groups is 1. The first-order chi connectivity index (χ1) is 8.15. The van der Waals surface area contributed by atoms with Crippen molar-refractivity contribution in [3.8, 4) is 0 Å². The quantitative estimate of drug-likeness (QED) is 0.839. The Bertz CT molecular complexity index is 523. The lowest BCUT2D eigenvalue weighted by molar-refractivity contribution is 1.07. The lowest BCUT2D eigenvalue weighted by Crippen LogP contribution is -1.93. The van der Waals surface area contributed by atoms with E-state index in [1.807, 2.05) is 19.1 Å². The molecule has 0 atom stereocenters. The first-order valence-corrected chi connectivity index (χ1v) is 6.55. The number of nitrogens with two attached hydrogens (primary N) is 1. The molecule has 0 aliphatic carbocycles. The summed E-state index contributed by atoms with van der Waals surface area (Å²) in [4.78, 5) is 4.45. The van der Waals surface area contributed by atoms with Crippen LogP contribution in [0.2, 0.25) is 0 Å². The summed E-state index contributed by atoms with van der Waals surface area (Å²) >= 11 is 1.74. The van der Waals surface area contributed by atoms with Gasteiger partial charge in [0, 0.05) is 5.75 Å². The maximum Gasteiger partial charge on any atom is 0.0967 e. The molecule has 0 aliphatic heterocycles. The average Bonchev–Trinajstić information content (AvgIpc) is 2.31. The van der Waals surface area contributed by atoms with Gasteiger partial charge in [0.05, 0.1) is 16.4 Å². The predicted octanol–water partition coefficient (Wildman–Crippen LogP) is 3.57. The Labute approximate surface area is 106 Å². The zero-order valence-corrected chi connectivity index (χ0v) is 10.9. The lowest BCUT2D eigenvalue weighted by Gasteiger charge is -2.04. The van der Waals surface area contributed by atoms with Crippen LogP contribution in [-0.2, 0) is 5.75 Å². The van der Waals surface area contributed by atoms with Crippen molar-refractivity contribution >= 4 is 17.4 Å². The third-order valence-corrected chi connectivity index (χ3v) is 3.57. The van der Waals surface area contributed by atoms with Gasteiger partial charge in [-0.3, -0.25) is 0 Å². The molecule has 0 saturated carbocycles. The fourth-order valence-corrected chi connectivity index (χ4v) is 2.45. The molecule has 1 aromatic carbocycles. The maximum atomic E-state index is 5.74. The second-order valence-corrected chi connectivity index (χ2v) is 5.10. The molecule has 0 aliphatic rings. The zero-order chi connectivity index (χ0) is 12.3. The summed E-state index contributed by atoms with van der Waals surface area (Å²) in [6.07, 6.45) is 0. The van der Waals surface area contributed by atoms with Gasteiger partial charge in [-0.15, -0.1) is 11.8 Å². The zero-order valence-electron chi connectivity index (χ0n) is 10.1. The summed E-state index contributed by atoms with van der Waals surface area (Å²) in [6.45, 7) is 4.05. The van der Waals surface area contributed by atoms with Crippen molar-refractivity contribution in [2.24, 2.45) is 0 Å². The molecule has 0 bridgehead atoms. The first kappa shape index (κ1) is 12.0. The van der Waals surface area contributed by atoms with Crippen LogP contribution in [-0.4, -0.2) is 4.98 Å². The van der Waals surface area contributed by atoms with Crippen LogP contribution in [0.25, 0.3) is 0 Å². The molecule has 0 amide bonds. The van der Waals surface area contributed by atoms with Crippen LogP contribution >= 0.6 is 11.8 Å². The van der Waals surface area contributed by atoms with Crippen LogP contribution in [0.4, 0.5) is 5.69 Å². The van der Waals surface area contributed by atoms with E-state index in [0.29, 0.717) is 0 Å². The van der Waals surface area contributed by atoms with Crippen LogP contribution < -0.4 is 5.73 Å². The Morgan fingerprint density at radius 2 is 2.00 bits per heavy atom. The number of benzene rings is 1. The van der Waals surface area contributed by atoms with Crippen LogP contribution in [0, 0.1) is 13.8 Å². The van der Waals surface area contributed by atoms with Crippen molar-refractivity contribution in [1.82, 2.24) is 4.98 Å². The van der Waals surface area contributed by atoms with Crippen LogP contribution in [0.15, 0.2) is 41.4 Å². The van der Waals surface area contributed by atoms with Gasteiger partial charge in [0.1, 0.15) is 0 Å². The molecule has 0 spiro atoms. The number of hydrogen-bond acceptors (Lipinski definition) is 3. The third-order valence-electron chi connectivity index (χ3n) is 2.57. The summed E-state index contributed by atoms with van der Waals surface area (Å²) in [5.41, 5.74) is 10.0. The molecule has 0 fully saturated rings. The highest BCUT2D eigenvalue weighted by atomic mass is 32.2. The van der Waals surface area contributed by atoms with E-state index in [4.69, 9.17) is 5.73 Å². The summed E-state index contributed by atoms with van der Waals surface area (Å²) in [5, 5.41) is 1.03. The average molecular weight is 244 g/mol. The largest absolute Gasteiger partial charge is 0.397 e.